The van der Waals surface area contributed by atoms with E-state index in [9.17, 15) is 4.39 Å². The van der Waals surface area contributed by atoms with Crippen molar-refractivity contribution in [3.05, 3.63) is 39.2 Å². The lowest BCUT2D eigenvalue weighted by Crippen LogP contribution is -2.06. The number of anilines is 3. The Bertz CT molecular complexity index is 636. The molecule has 106 valence electrons. The summed E-state index contributed by atoms with van der Waals surface area (Å²) in [6, 6.07) is 3.57. The molecule has 0 aliphatic heterocycles. The minimum atomic E-state index is -0.532. The number of nitrogens with one attached hydrogen (secondary N) is 2. The van der Waals surface area contributed by atoms with Gasteiger partial charge in [-0.3, -0.25) is 0 Å². The summed E-state index contributed by atoms with van der Waals surface area (Å²) in [7, 11) is 0. The summed E-state index contributed by atoms with van der Waals surface area (Å²) in [5, 5.41) is 6.43. The van der Waals surface area contributed by atoms with E-state index in [1.807, 2.05) is 19.9 Å². The van der Waals surface area contributed by atoms with Crippen molar-refractivity contribution in [2.45, 2.75) is 13.8 Å². The van der Waals surface area contributed by atoms with E-state index in [1.165, 1.54) is 0 Å². The maximum absolute atomic E-state index is 13.7. The van der Waals surface area contributed by atoms with Gasteiger partial charge in [0.2, 0.25) is 5.95 Å². The number of aromatic nitrogens is 2. The predicted octanol–water partition coefficient (Wildman–Crippen LogP) is 4.52. The number of halogens is 3. The Morgan fingerprint density at radius 2 is 2.15 bits per heavy atom. The highest BCUT2D eigenvalue weighted by Crippen LogP contribution is 2.31. The topological polar surface area (TPSA) is 49.8 Å². The standard InChI is InChI=1S/C13H13BrClFN4/c1-3-17-13-18-6-10(16)12(20-13)19-11-5-9(15)7(2)4-8(11)14/h4-6H,3H2,1-2H3,(H2,17,18,19,20). The van der Waals surface area contributed by atoms with Gasteiger partial charge in [-0.2, -0.15) is 4.98 Å². The molecule has 2 N–H and O–H groups in total. The van der Waals surface area contributed by atoms with Gasteiger partial charge in [0, 0.05) is 16.0 Å². The van der Waals surface area contributed by atoms with Gasteiger partial charge in [0.1, 0.15) is 0 Å². The molecular formula is C13H13BrClFN4. The number of benzene rings is 1. The maximum atomic E-state index is 13.7. The van der Waals surface area contributed by atoms with Crippen molar-refractivity contribution in [2.75, 3.05) is 17.2 Å². The Kier molecular flexibility index (Phi) is 4.77. The van der Waals surface area contributed by atoms with Crippen LogP contribution in [0, 0.1) is 12.7 Å². The van der Waals surface area contributed by atoms with Crippen LogP contribution in [0.25, 0.3) is 0 Å². The van der Waals surface area contributed by atoms with Gasteiger partial charge in [-0.1, -0.05) is 11.6 Å². The van der Waals surface area contributed by atoms with Crippen LogP contribution in [0.2, 0.25) is 5.02 Å². The Balaban J connectivity index is 2.34. The quantitative estimate of drug-likeness (QED) is 0.843. The molecule has 0 aliphatic rings. The van der Waals surface area contributed by atoms with Crippen LogP contribution >= 0.6 is 27.5 Å². The molecule has 0 unspecified atom stereocenters. The van der Waals surface area contributed by atoms with E-state index in [4.69, 9.17) is 11.6 Å². The van der Waals surface area contributed by atoms with Gasteiger partial charge in [-0.25, -0.2) is 9.37 Å². The van der Waals surface area contributed by atoms with Crippen LogP contribution in [0.3, 0.4) is 0 Å². The van der Waals surface area contributed by atoms with E-state index in [2.05, 4.69) is 36.5 Å². The average Bonchev–Trinajstić information content (AvgIpc) is 2.40. The van der Waals surface area contributed by atoms with Crippen LogP contribution in [0.4, 0.5) is 21.8 Å². The van der Waals surface area contributed by atoms with Crippen LogP contribution < -0.4 is 10.6 Å². The minimum absolute atomic E-state index is 0.0940. The minimum Gasteiger partial charge on any atom is -0.354 e. The number of hydrogen-bond donors (Lipinski definition) is 2. The summed E-state index contributed by atoms with van der Waals surface area (Å²) in [6.45, 7) is 4.46. The Hall–Kier alpha value is -1.40. The lowest BCUT2D eigenvalue weighted by atomic mass is 10.2. The monoisotopic (exact) mass is 358 g/mol. The Morgan fingerprint density at radius 3 is 2.85 bits per heavy atom. The molecule has 0 saturated carbocycles. The zero-order chi connectivity index (χ0) is 14.7. The summed E-state index contributed by atoms with van der Waals surface area (Å²) >= 11 is 9.48. The second-order valence-electron chi connectivity index (χ2n) is 4.13. The lowest BCUT2D eigenvalue weighted by Gasteiger charge is -2.11. The third-order valence-corrected chi connectivity index (χ3v) is 3.64. The summed E-state index contributed by atoms with van der Waals surface area (Å²) in [6.07, 6.45) is 1.12. The van der Waals surface area contributed by atoms with Gasteiger partial charge in [-0.05, 0) is 47.5 Å². The van der Waals surface area contributed by atoms with Crippen LogP contribution in [-0.2, 0) is 0 Å². The Labute approximate surface area is 129 Å². The first-order valence-electron chi connectivity index (χ1n) is 6.00. The van der Waals surface area contributed by atoms with Crippen LogP contribution in [0.15, 0.2) is 22.8 Å². The molecule has 1 aromatic carbocycles. The summed E-state index contributed by atoms with van der Waals surface area (Å²) in [4.78, 5) is 7.93. The molecule has 0 bridgehead atoms. The molecular weight excluding hydrogens is 347 g/mol. The normalized spacial score (nSPS) is 10.4. The molecule has 0 radical (unpaired) electrons. The third kappa shape index (κ3) is 3.37. The van der Waals surface area contributed by atoms with E-state index in [0.29, 0.717) is 23.2 Å². The molecule has 2 aromatic rings. The highest BCUT2D eigenvalue weighted by atomic mass is 79.9. The van der Waals surface area contributed by atoms with Crippen LogP contribution in [-0.4, -0.2) is 16.5 Å². The fourth-order valence-electron chi connectivity index (χ4n) is 1.57. The summed E-state index contributed by atoms with van der Waals surface area (Å²) < 4.78 is 14.5. The largest absolute Gasteiger partial charge is 0.354 e. The molecule has 1 heterocycles. The molecule has 0 spiro atoms. The Morgan fingerprint density at radius 1 is 1.40 bits per heavy atom. The smallest absolute Gasteiger partial charge is 0.224 e. The first-order valence-corrected chi connectivity index (χ1v) is 7.17. The molecule has 0 atom stereocenters. The van der Waals surface area contributed by atoms with Gasteiger partial charge >= 0.3 is 0 Å². The number of nitrogens with zero attached hydrogens (tertiary/aromatic N) is 2. The molecule has 0 fully saturated rings. The second kappa shape index (κ2) is 6.37. The van der Waals surface area contributed by atoms with Crippen molar-refractivity contribution in [3.8, 4) is 0 Å². The van der Waals surface area contributed by atoms with Gasteiger partial charge in [0.15, 0.2) is 11.6 Å². The molecule has 0 saturated heterocycles. The number of aryl methyl sites for hydroxylation is 1. The van der Waals surface area contributed by atoms with E-state index in [0.717, 1.165) is 16.2 Å². The molecule has 1 aromatic heterocycles. The van der Waals surface area contributed by atoms with Crippen LogP contribution in [0.5, 0.6) is 0 Å². The predicted molar refractivity (Wildman–Crippen MR) is 83.3 cm³/mol. The second-order valence-corrected chi connectivity index (χ2v) is 5.39. The zero-order valence-corrected chi connectivity index (χ0v) is 13.3. The molecule has 4 nitrogen and oxygen atoms in total. The SMILES string of the molecule is CCNc1ncc(F)c(Nc2cc(Cl)c(C)cc2Br)n1. The molecule has 0 amide bonds. The van der Waals surface area contributed by atoms with Crippen molar-refractivity contribution in [1.29, 1.82) is 0 Å². The van der Waals surface area contributed by atoms with Gasteiger partial charge < -0.3 is 10.6 Å². The van der Waals surface area contributed by atoms with Crippen molar-refractivity contribution >= 4 is 45.0 Å². The highest BCUT2D eigenvalue weighted by Gasteiger charge is 2.10. The van der Waals surface area contributed by atoms with Gasteiger partial charge in [0.25, 0.3) is 0 Å². The van der Waals surface area contributed by atoms with Gasteiger partial charge in [0.05, 0.1) is 11.9 Å². The maximum Gasteiger partial charge on any atom is 0.224 e. The van der Waals surface area contributed by atoms with Gasteiger partial charge in [-0.15, -0.1) is 0 Å². The number of hydrogen-bond acceptors (Lipinski definition) is 4. The lowest BCUT2D eigenvalue weighted by molar-refractivity contribution is 0.619. The van der Waals surface area contributed by atoms with E-state index >= 15 is 0 Å². The summed E-state index contributed by atoms with van der Waals surface area (Å²) in [5.41, 5.74) is 1.57. The molecule has 20 heavy (non-hydrogen) atoms. The fourth-order valence-corrected chi connectivity index (χ4v) is 2.29. The first-order chi connectivity index (χ1) is 9.51. The van der Waals surface area contributed by atoms with Crippen LogP contribution in [0.1, 0.15) is 12.5 Å². The van der Waals surface area contributed by atoms with Crippen molar-refractivity contribution in [1.82, 2.24) is 9.97 Å². The van der Waals surface area contributed by atoms with E-state index in [-0.39, 0.29) is 5.82 Å². The highest BCUT2D eigenvalue weighted by molar-refractivity contribution is 9.10. The fraction of sp³-hybridized carbons (Fsp3) is 0.231. The van der Waals surface area contributed by atoms with Crippen molar-refractivity contribution in [2.24, 2.45) is 0 Å². The van der Waals surface area contributed by atoms with Crippen molar-refractivity contribution < 1.29 is 4.39 Å². The van der Waals surface area contributed by atoms with E-state index in [1.54, 1.807) is 6.07 Å². The van der Waals surface area contributed by atoms with E-state index < -0.39 is 5.82 Å². The molecule has 0 aliphatic carbocycles. The third-order valence-electron chi connectivity index (χ3n) is 2.58. The molecule has 2 rings (SSSR count). The number of rotatable bonds is 4. The van der Waals surface area contributed by atoms with Crippen molar-refractivity contribution in [3.63, 3.8) is 0 Å². The summed E-state index contributed by atoms with van der Waals surface area (Å²) in [5.74, 6) is -0.0717. The zero-order valence-electron chi connectivity index (χ0n) is 11.0. The average molecular weight is 360 g/mol. The molecule has 7 heteroatoms. The first kappa shape index (κ1) is 15.0.